The van der Waals surface area contributed by atoms with Crippen LogP contribution in [0, 0.1) is 0 Å². The van der Waals surface area contributed by atoms with E-state index in [-0.39, 0.29) is 0 Å². The monoisotopic (exact) mass is 286 g/mol. The van der Waals surface area contributed by atoms with Crippen molar-refractivity contribution in [2.75, 3.05) is 26.8 Å². The van der Waals surface area contributed by atoms with E-state index in [0.717, 1.165) is 22.2 Å². The molecule has 0 bridgehead atoms. The van der Waals surface area contributed by atoms with Crippen LogP contribution >= 0.6 is 0 Å². The molecule has 0 radical (unpaired) electrons. The maximum atomic E-state index is 11.9. The molecular weight excluding hydrogens is 266 g/mol. The van der Waals surface area contributed by atoms with Crippen LogP contribution < -0.4 is 10.1 Å². The first-order chi connectivity index (χ1) is 10.4. The molecule has 1 aromatic carbocycles. The van der Waals surface area contributed by atoms with Gasteiger partial charge in [0.05, 0.1) is 13.7 Å². The summed E-state index contributed by atoms with van der Waals surface area (Å²) in [5, 5.41) is 3.57. The highest BCUT2D eigenvalue weighted by atomic mass is 19.3. The summed E-state index contributed by atoms with van der Waals surface area (Å²) in [6, 6.07) is 5.65. The fourth-order valence-electron chi connectivity index (χ4n) is 1.93. The summed E-state index contributed by atoms with van der Waals surface area (Å²) in [6.45, 7) is -5.38. The van der Waals surface area contributed by atoms with Gasteiger partial charge in [-0.15, -0.1) is 0 Å². The topological polar surface area (TPSA) is 46.3 Å². The average molecular weight is 286 g/mol. The minimum absolute atomic E-state index is 0.295. The molecule has 0 aliphatic rings. The molecule has 0 atom stereocenters. The van der Waals surface area contributed by atoms with Gasteiger partial charge in [0.1, 0.15) is 5.75 Å². The van der Waals surface area contributed by atoms with Gasteiger partial charge in [0.25, 0.3) is 0 Å². The molecule has 6 heteroatoms. The summed E-state index contributed by atoms with van der Waals surface area (Å²) >= 11 is 0. The lowest BCUT2D eigenvalue weighted by molar-refractivity contribution is -0.127. The normalized spacial score (nSPS) is 13.6. The van der Waals surface area contributed by atoms with Crippen LogP contribution in [0.25, 0.3) is 10.9 Å². The molecule has 1 aromatic heterocycles. The summed E-state index contributed by atoms with van der Waals surface area (Å²) < 4.78 is 48.1. The Labute approximate surface area is 118 Å². The molecule has 0 aliphatic heterocycles. The molecule has 0 aliphatic carbocycles. The number of alkyl halides is 2. The number of nitrogens with one attached hydrogen (secondary N) is 2. The van der Waals surface area contributed by atoms with Gasteiger partial charge in [-0.1, -0.05) is 0 Å². The van der Waals surface area contributed by atoms with E-state index in [1.165, 1.54) is 0 Å². The Morgan fingerprint density at radius 1 is 1.45 bits per heavy atom. The van der Waals surface area contributed by atoms with E-state index in [0.29, 0.717) is 13.0 Å². The van der Waals surface area contributed by atoms with Gasteiger partial charge in [-0.25, -0.2) is 0 Å². The summed E-state index contributed by atoms with van der Waals surface area (Å²) in [4.78, 5) is 3.13. The van der Waals surface area contributed by atoms with E-state index in [2.05, 4.69) is 15.0 Å². The maximum Gasteiger partial charge on any atom is 0.345 e. The van der Waals surface area contributed by atoms with E-state index < -0.39 is 19.7 Å². The van der Waals surface area contributed by atoms with E-state index in [9.17, 15) is 8.78 Å². The Kier molecular flexibility index (Phi) is 4.37. The lowest BCUT2D eigenvalue weighted by Gasteiger charge is -2.05. The van der Waals surface area contributed by atoms with Gasteiger partial charge in [0.2, 0.25) is 0 Å². The zero-order chi connectivity index (χ0) is 16.2. The number of fused-ring (bicyclic) bond motifs is 1. The standard InChI is InChI=1S/C14H18F2N2O2/c1-19-11-2-3-13-12(8-11)10(9-18-13)4-5-17-6-7-20-14(15)16/h2-3,8-9,14,17-18H,4-7H2,1H3/i6D2. The Bertz CT molecular complexity index is 620. The Morgan fingerprint density at radius 3 is 3.05 bits per heavy atom. The highest BCUT2D eigenvalue weighted by molar-refractivity contribution is 5.84. The van der Waals surface area contributed by atoms with Crippen LogP contribution in [-0.4, -0.2) is 38.4 Å². The average Bonchev–Trinajstić information content (AvgIpc) is 2.87. The van der Waals surface area contributed by atoms with E-state index in [1.54, 1.807) is 7.11 Å². The fourth-order valence-corrected chi connectivity index (χ4v) is 1.93. The molecular formula is C14H18F2N2O2. The lowest BCUT2D eigenvalue weighted by Crippen LogP contribution is -2.23. The molecule has 0 spiro atoms. The minimum Gasteiger partial charge on any atom is -0.497 e. The van der Waals surface area contributed by atoms with Gasteiger partial charge in [-0.2, -0.15) is 8.78 Å². The molecule has 20 heavy (non-hydrogen) atoms. The molecule has 2 rings (SSSR count). The van der Waals surface area contributed by atoms with Crippen molar-refractivity contribution in [3.05, 3.63) is 30.0 Å². The molecule has 4 nitrogen and oxygen atoms in total. The largest absolute Gasteiger partial charge is 0.497 e. The van der Waals surface area contributed by atoms with Gasteiger partial charge in [0, 0.05) is 26.3 Å². The molecule has 0 fully saturated rings. The molecule has 0 unspecified atom stereocenters. The SMILES string of the molecule is [2H]C([2H])(COC(F)F)NCCc1c[nH]c2ccc(OC)cc12. The first-order valence-corrected chi connectivity index (χ1v) is 6.20. The number of aromatic nitrogens is 1. The van der Waals surface area contributed by atoms with Crippen LogP contribution in [0.4, 0.5) is 8.78 Å². The number of aromatic amines is 1. The van der Waals surface area contributed by atoms with Crippen LogP contribution in [0.2, 0.25) is 0 Å². The van der Waals surface area contributed by atoms with Crippen molar-refractivity contribution in [2.24, 2.45) is 0 Å². The predicted molar refractivity (Wildman–Crippen MR) is 73.4 cm³/mol. The van der Waals surface area contributed by atoms with E-state index in [1.807, 2.05) is 24.4 Å². The number of methoxy groups -OCH3 is 1. The van der Waals surface area contributed by atoms with Crippen molar-refractivity contribution in [3.8, 4) is 5.75 Å². The Hall–Kier alpha value is -1.66. The van der Waals surface area contributed by atoms with E-state index >= 15 is 0 Å². The second-order valence-electron chi connectivity index (χ2n) is 4.15. The van der Waals surface area contributed by atoms with Gasteiger partial charge in [-0.05, 0) is 36.7 Å². The van der Waals surface area contributed by atoms with Crippen molar-refractivity contribution in [3.63, 3.8) is 0 Å². The smallest absolute Gasteiger partial charge is 0.345 e. The zero-order valence-corrected chi connectivity index (χ0v) is 11.1. The van der Waals surface area contributed by atoms with Crippen molar-refractivity contribution in [2.45, 2.75) is 13.0 Å². The highest BCUT2D eigenvalue weighted by Crippen LogP contribution is 2.23. The lowest BCUT2D eigenvalue weighted by atomic mass is 10.1. The number of hydrogen-bond donors (Lipinski definition) is 2. The van der Waals surface area contributed by atoms with Crippen molar-refractivity contribution in [1.82, 2.24) is 10.3 Å². The van der Waals surface area contributed by atoms with Gasteiger partial charge < -0.3 is 19.8 Å². The molecule has 0 saturated carbocycles. The van der Waals surface area contributed by atoms with Gasteiger partial charge >= 0.3 is 6.61 Å². The Balaban J connectivity index is 1.94. The van der Waals surface area contributed by atoms with Crippen molar-refractivity contribution < 1.29 is 21.0 Å². The number of rotatable bonds is 8. The zero-order valence-electron chi connectivity index (χ0n) is 13.1. The number of halogens is 2. The number of H-pyrrole nitrogens is 1. The second kappa shape index (κ2) is 7.21. The molecule has 1 heterocycles. The van der Waals surface area contributed by atoms with Gasteiger partial charge in [0.15, 0.2) is 0 Å². The molecule has 0 saturated heterocycles. The summed E-state index contributed by atoms with van der Waals surface area (Å²) in [7, 11) is 1.59. The highest BCUT2D eigenvalue weighted by Gasteiger charge is 2.05. The van der Waals surface area contributed by atoms with Crippen LogP contribution in [0.3, 0.4) is 0 Å². The van der Waals surface area contributed by atoms with E-state index in [4.69, 9.17) is 7.48 Å². The second-order valence-corrected chi connectivity index (χ2v) is 4.15. The molecule has 2 N–H and O–H groups in total. The van der Waals surface area contributed by atoms with Crippen molar-refractivity contribution >= 4 is 10.9 Å². The minimum atomic E-state index is -2.97. The molecule has 2 aromatic rings. The summed E-state index contributed by atoms with van der Waals surface area (Å²) in [6.07, 6.45) is 2.39. The maximum absolute atomic E-state index is 11.9. The molecule has 110 valence electrons. The predicted octanol–water partition coefficient (Wildman–Crippen LogP) is 2.55. The van der Waals surface area contributed by atoms with Crippen LogP contribution in [0.15, 0.2) is 24.4 Å². The number of ether oxygens (including phenoxy) is 2. The van der Waals surface area contributed by atoms with Crippen molar-refractivity contribution in [1.29, 1.82) is 0 Å². The number of hydrogen-bond acceptors (Lipinski definition) is 3. The number of benzene rings is 1. The van der Waals surface area contributed by atoms with Crippen LogP contribution in [0.1, 0.15) is 8.30 Å². The third kappa shape index (κ3) is 3.91. The first-order valence-electron chi connectivity index (χ1n) is 7.20. The van der Waals surface area contributed by atoms with Crippen LogP contribution in [0.5, 0.6) is 5.75 Å². The summed E-state index contributed by atoms with van der Waals surface area (Å²) in [5.74, 6) is 0.738. The first kappa shape index (κ1) is 12.1. The fraction of sp³-hybridized carbons (Fsp3) is 0.429. The Morgan fingerprint density at radius 2 is 2.30 bits per heavy atom. The van der Waals surface area contributed by atoms with Crippen LogP contribution in [-0.2, 0) is 11.2 Å². The molecule has 0 amide bonds. The summed E-state index contributed by atoms with van der Waals surface area (Å²) in [5.41, 5.74) is 1.95. The van der Waals surface area contributed by atoms with Gasteiger partial charge in [-0.3, -0.25) is 0 Å². The third-order valence-electron chi connectivity index (χ3n) is 2.90. The quantitative estimate of drug-likeness (QED) is 0.784. The third-order valence-corrected chi connectivity index (χ3v) is 2.90.